The van der Waals surface area contributed by atoms with Crippen molar-refractivity contribution in [2.75, 3.05) is 13.1 Å². The van der Waals surface area contributed by atoms with Crippen molar-refractivity contribution in [3.05, 3.63) is 34.3 Å². The highest BCUT2D eigenvalue weighted by atomic mass is 35.5. The summed E-state index contributed by atoms with van der Waals surface area (Å²) in [5.74, 6) is 5.80. The van der Waals surface area contributed by atoms with Crippen LogP contribution >= 0.6 is 11.6 Å². The summed E-state index contributed by atoms with van der Waals surface area (Å²) >= 11 is 6.08. The molecule has 0 bridgehead atoms. The molecule has 0 fully saturated rings. The molecular formula is C13H17ClN2. The molecule has 1 atom stereocenters. The Morgan fingerprint density at radius 2 is 2.25 bits per heavy atom. The van der Waals surface area contributed by atoms with Crippen LogP contribution in [0.4, 0.5) is 0 Å². The predicted octanol–water partition coefficient (Wildman–Crippen LogP) is 2.26. The lowest BCUT2D eigenvalue weighted by molar-refractivity contribution is 0.582. The second kappa shape index (κ2) is 6.55. The van der Waals surface area contributed by atoms with Gasteiger partial charge in [0.25, 0.3) is 0 Å². The zero-order valence-corrected chi connectivity index (χ0v) is 10.4. The number of rotatable bonds is 4. The molecule has 0 saturated heterocycles. The van der Waals surface area contributed by atoms with Gasteiger partial charge in [0, 0.05) is 17.6 Å². The lowest BCUT2D eigenvalue weighted by Crippen LogP contribution is -2.28. The first-order valence-corrected chi connectivity index (χ1v) is 5.66. The molecule has 0 saturated carbocycles. The summed E-state index contributed by atoms with van der Waals surface area (Å²) in [5, 5.41) is 4.05. The van der Waals surface area contributed by atoms with Crippen LogP contribution in [-0.2, 0) is 0 Å². The summed E-state index contributed by atoms with van der Waals surface area (Å²) in [4.78, 5) is 0. The third-order valence-corrected chi connectivity index (χ3v) is 2.85. The van der Waals surface area contributed by atoms with E-state index >= 15 is 0 Å². The maximum atomic E-state index is 6.08. The maximum Gasteiger partial charge on any atom is 0.0581 e. The first kappa shape index (κ1) is 13.1. The second-order valence-corrected chi connectivity index (χ2v) is 4.01. The Morgan fingerprint density at radius 3 is 2.81 bits per heavy atom. The Labute approximate surface area is 102 Å². The van der Waals surface area contributed by atoms with E-state index in [4.69, 9.17) is 17.3 Å². The third-order valence-electron chi connectivity index (χ3n) is 2.45. The lowest BCUT2D eigenvalue weighted by atomic mass is 10.1. The van der Waals surface area contributed by atoms with Gasteiger partial charge in [-0.3, -0.25) is 5.32 Å². The minimum absolute atomic E-state index is 0.110. The molecule has 16 heavy (non-hydrogen) atoms. The van der Waals surface area contributed by atoms with Crippen LogP contribution in [-0.4, -0.2) is 13.1 Å². The van der Waals surface area contributed by atoms with E-state index in [9.17, 15) is 0 Å². The highest BCUT2D eigenvalue weighted by Gasteiger charge is 2.09. The highest BCUT2D eigenvalue weighted by Crippen LogP contribution is 2.20. The lowest BCUT2D eigenvalue weighted by Gasteiger charge is -2.16. The van der Waals surface area contributed by atoms with Crippen LogP contribution in [0.1, 0.15) is 24.1 Å². The van der Waals surface area contributed by atoms with Gasteiger partial charge in [0.15, 0.2) is 0 Å². The van der Waals surface area contributed by atoms with Crippen molar-refractivity contribution in [3.63, 3.8) is 0 Å². The molecule has 0 aliphatic heterocycles. The fraction of sp³-hybridized carbons (Fsp3) is 0.385. The van der Waals surface area contributed by atoms with E-state index in [1.165, 1.54) is 0 Å². The summed E-state index contributed by atoms with van der Waals surface area (Å²) in [7, 11) is 0. The first-order valence-electron chi connectivity index (χ1n) is 5.28. The number of benzene rings is 1. The van der Waals surface area contributed by atoms with Gasteiger partial charge in [0.05, 0.1) is 6.54 Å². The largest absolute Gasteiger partial charge is 0.329 e. The van der Waals surface area contributed by atoms with Crippen molar-refractivity contribution in [1.29, 1.82) is 0 Å². The van der Waals surface area contributed by atoms with E-state index in [1.807, 2.05) is 32.0 Å². The molecule has 1 aromatic carbocycles. The highest BCUT2D eigenvalue weighted by molar-refractivity contribution is 6.31. The van der Waals surface area contributed by atoms with Gasteiger partial charge in [-0.1, -0.05) is 29.7 Å². The number of aryl methyl sites for hydroxylation is 1. The topological polar surface area (TPSA) is 38.0 Å². The number of hydrogen-bond donors (Lipinski definition) is 2. The molecular weight excluding hydrogens is 220 g/mol. The normalized spacial score (nSPS) is 11.8. The number of hydrogen-bond acceptors (Lipinski definition) is 2. The van der Waals surface area contributed by atoms with Crippen molar-refractivity contribution in [2.45, 2.75) is 19.9 Å². The maximum absolute atomic E-state index is 6.08. The zero-order valence-electron chi connectivity index (χ0n) is 9.68. The van der Waals surface area contributed by atoms with E-state index in [0.717, 1.165) is 16.1 Å². The molecule has 2 nitrogen and oxygen atoms in total. The summed E-state index contributed by atoms with van der Waals surface area (Å²) in [6.45, 7) is 4.98. The average Bonchev–Trinajstić information content (AvgIpc) is 2.29. The van der Waals surface area contributed by atoms with Gasteiger partial charge < -0.3 is 5.73 Å². The molecule has 0 aromatic heterocycles. The smallest absolute Gasteiger partial charge is 0.0581 e. The first-order chi connectivity index (χ1) is 7.69. The Bertz CT molecular complexity index is 404. The van der Waals surface area contributed by atoms with Gasteiger partial charge in [-0.25, -0.2) is 0 Å². The van der Waals surface area contributed by atoms with Gasteiger partial charge in [0.2, 0.25) is 0 Å². The minimum atomic E-state index is 0.110. The second-order valence-electron chi connectivity index (χ2n) is 3.60. The molecule has 0 radical (unpaired) electrons. The molecule has 1 unspecified atom stereocenters. The molecule has 3 heteroatoms. The molecule has 0 amide bonds. The molecule has 1 aromatic rings. The van der Waals surface area contributed by atoms with Crippen LogP contribution in [0.5, 0.6) is 0 Å². The van der Waals surface area contributed by atoms with E-state index in [-0.39, 0.29) is 6.04 Å². The van der Waals surface area contributed by atoms with Gasteiger partial charge in [0.1, 0.15) is 0 Å². The fourth-order valence-electron chi connectivity index (χ4n) is 1.43. The Kier molecular flexibility index (Phi) is 5.34. The Balaban J connectivity index is 2.77. The third kappa shape index (κ3) is 3.53. The SMILES string of the molecule is CC#CCNC(CN)c1ccc(C)c(Cl)c1. The van der Waals surface area contributed by atoms with E-state index in [1.54, 1.807) is 0 Å². The van der Waals surface area contributed by atoms with Crippen LogP contribution < -0.4 is 11.1 Å². The summed E-state index contributed by atoms with van der Waals surface area (Å²) < 4.78 is 0. The van der Waals surface area contributed by atoms with Gasteiger partial charge in [-0.2, -0.15) is 0 Å². The van der Waals surface area contributed by atoms with Crippen molar-refractivity contribution < 1.29 is 0 Å². The number of halogens is 1. The van der Waals surface area contributed by atoms with Crippen LogP contribution in [0.2, 0.25) is 5.02 Å². The zero-order chi connectivity index (χ0) is 12.0. The molecule has 0 heterocycles. The van der Waals surface area contributed by atoms with E-state index in [0.29, 0.717) is 13.1 Å². The fourth-order valence-corrected chi connectivity index (χ4v) is 1.61. The predicted molar refractivity (Wildman–Crippen MR) is 69.4 cm³/mol. The van der Waals surface area contributed by atoms with E-state index < -0.39 is 0 Å². The standard InChI is InChI=1S/C13H17ClN2/c1-3-4-7-16-13(9-15)11-6-5-10(2)12(14)8-11/h5-6,8,13,16H,7,9,15H2,1-2H3. The van der Waals surface area contributed by atoms with Crippen molar-refractivity contribution >= 4 is 11.6 Å². The van der Waals surface area contributed by atoms with Crippen LogP contribution in [0.3, 0.4) is 0 Å². The van der Waals surface area contributed by atoms with Crippen LogP contribution in [0, 0.1) is 18.8 Å². The summed E-state index contributed by atoms with van der Waals surface area (Å²) in [6.07, 6.45) is 0. The van der Waals surface area contributed by atoms with Crippen molar-refractivity contribution in [1.82, 2.24) is 5.32 Å². The van der Waals surface area contributed by atoms with Gasteiger partial charge in [-0.05, 0) is 31.0 Å². The number of nitrogens with two attached hydrogens (primary N) is 1. The molecule has 0 aliphatic carbocycles. The molecule has 86 valence electrons. The molecule has 0 spiro atoms. The van der Waals surface area contributed by atoms with Gasteiger partial charge in [-0.15, -0.1) is 5.92 Å². The van der Waals surface area contributed by atoms with Crippen LogP contribution in [0.25, 0.3) is 0 Å². The molecule has 3 N–H and O–H groups in total. The summed E-state index contributed by atoms with van der Waals surface area (Å²) in [6, 6.07) is 6.12. The Morgan fingerprint density at radius 1 is 1.50 bits per heavy atom. The van der Waals surface area contributed by atoms with Gasteiger partial charge >= 0.3 is 0 Å². The van der Waals surface area contributed by atoms with Crippen molar-refractivity contribution in [2.24, 2.45) is 5.73 Å². The summed E-state index contributed by atoms with van der Waals surface area (Å²) in [5.41, 5.74) is 7.91. The Hall–Kier alpha value is -1.01. The van der Waals surface area contributed by atoms with Crippen molar-refractivity contribution in [3.8, 4) is 11.8 Å². The quantitative estimate of drug-likeness (QED) is 0.788. The number of nitrogens with one attached hydrogen (secondary N) is 1. The minimum Gasteiger partial charge on any atom is -0.329 e. The van der Waals surface area contributed by atoms with E-state index in [2.05, 4.69) is 17.2 Å². The molecule has 0 aliphatic rings. The monoisotopic (exact) mass is 236 g/mol. The molecule has 1 rings (SSSR count). The average molecular weight is 237 g/mol. The van der Waals surface area contributed by atoms with Crippen LogP contribution in [0.15, 0.2) is 18.2 Å².